The van der Waals surface area contributed by atoms with Crippen molar-refractivity contribution in [3.05, 3.63) is 18.0 Å². The molecule has 1 saturated heterocycles. The second-order valence-electron chi connectivity index (χ2n) is 5.94. The number of ether oxygens (including phenoxy) is 1. The van der Waals surface area contributed by atoms with Gasteiger partial charge in [-0.2, -0.15) is 5.10 Å². The summed E-state index contributed by atoms with van der Waals surface area (Å²) in [6, 6.07) is -0.344. The molecule has 1 aliphatic rings. The van der Waals surface area contributed by atoms with Gasteiger partial charge in [0.05, 0.1) is 12.3 Å². The van der Waals surface area contributed by atoms with E-state index in [1.807, 2.05) is 25.2 Å². The molecular formula is C16H29ClN4O2. The molecule has 7 heteroatoms. The molecule has 1 fully saturated rings. The van der Waals surface area contributed by atoms with E-state index in [9.17, 15) is 4.79 Å². The number of carbonyl (C=O) groups excluding carboxylic acids is 1. The second kappa shape index (κ2) is 9.90. The summed E-state index contributed by atoms with van der Waals surface area (Å²) in [6.07, 6.45) is 8.13. The highest BCUT2D eigenvalue weighted by Gasteiger charge is 2.27. The van der Waals surface area contributed by atoms with Gasteiger partial charge in [-0.3, -0.25) is 9.48 Å². The molecule has 23 heavy (non-hydrogen) atoms. The van der Waals surface area contributed by atoms with Crippen molar-refractivity contribution in [3.63, 3.8) is 0 Å². The quantitative estimate of drug-likeness (QED) is 0.821. The van der Waals surface area contributed by atoms with Crippen LogP contribution < -0.4 is 5.32 Å². The molecule has 2 atom stereocenters. The zero-order chi connectivity index (χ0) is 15.9. The van der Waals surface area contributed by atoms with Crippen molar-refractivity contribution in [3.8, 4) is 0 Å². The number of nitrogens with zero attached hydrogens (tertiary/aromatic N) is 3. The van der Waals surface area contributed by atoms with Gasteiger partial charge in [-0.15, -0.1) is 12.4 Å². The molecule has 6 nitrogen and oxygen atoms in total. The first-order valence-electron chi connectivity index (χ1n) is 8.22. The van der Waals surface area contributed by atoms with Gasteiger partial charge in [0, 0.05) is 38.5 Å². The Bertz CT molecular complexity index is 474. The lowest BCUT2D eigenvalue weighted by Crippen LogP contribution is -2.45. The minimum Gasteiger partial charge on any atom is -0.376 e. The summed E-state index contributed by atoms with van der Waals surface area (Å²) in [5.74, 6) is 0.103. The number of aryl methyl sites for hydroxylation is 1. The standard InChI is InChI=1S/C16H28N4O2.ClH/c1-4-8-20(12-14-7-5-6-9-22-14)16(21)15(17-2)13-10-18-19(3)11-13;/h10-11,14-15,17H,4-9,12H2,1-3H3;1H. The maximum Gasteiger partial charge on any atom is 0.244 e. The summed E-state index contributed by atoms with van der Waals surface area (Å²) in [5.41, 5.74) is 0.903. The van der Waals surface area contributed by atoms with Gasteiger partial charge in [-0.05, 0) is 32.7 Å². The van der Waals surface area contributed by atoms with Crippen LogP contribution >= 0.6 is 12.4 Å². The minimum atomic E-state index is -0.344. The molecule has 0 bridgehead atoms. The Balaban J connectivity index is 0.00000264. The van der Waals surface area contributed by atoms with Gasteiger partial charge in [0.2, 0.25) is 5.91 Å². The van der Waals surface area contributed by atoms with E-state index in [0.29, 0.717) is 6.54 Å². The van der Waals surface area contributed by atoms with Gasteiger partial charge in [-0.25, -0.2) is 0 Å². The number of nitrogens with one attached hydrogen (secondary N) is 1. The highest BCUT2D eigenvalue weighted by Crippen LogP contribution is 2.18. The lowest BCUT2D eigenvalue weighted by atomic mass is 10.1. The number of carbonyl (C=O) groups is 1. The van der Waals surface area contributed by atoms with Crippen molar-refractivity contribution in [2.45, 2.75) is 44.8 Å². The van der Waals surface area contributed by atoms with Crippen molar-refractivity contribution in [2.24, 2.45) is 7.05 Å². The number of hydrogen-bond acceptors (Lipinski definition) is 4. The van der Waals surface area contributed by atoms with E-state index in [-0.39, 0.29) is 30.5 Å². The number of rotatable bonds is 7. The fourth-order valence-electron chi connectivity index (χ4n) is 2.96. The van der Waals surface area contributed by atoms with E-state index in [1.54, 1.807) is 10.9 Å². The monoisotopic (exact) mass is 344 g/mol. The molecule has 132 valence electrons. The normalized spacial score (nSPS) is 19.0. The predicted molar refractivity (Wildman–Crippen MR) is 92.7 cm³/mol. The molecule has 0 aromatic carbocycles. The zero-order valence-electron chi connectivity index (χ0n) is 14.3. The van der Waals surface area contributed by atoms with Gasteiger partial charge in [0.15, 0.2) is 0 Å². The molecule has 1 aromatic rings. The molecule has 0 aliphatic carbocycles. The van der Waals surface area contributed by atoms with Crippen LogP contribution in [0.4, 0.5) is 0 Å². The van der Waals surface area contributed by atoms with Gasteiger partial charge in [0.1, 0.15) is 6.04 Å². The van der Waals surface area contributed by atoms with E-state index in [2.05, 4.69) is 17.3 Å². The highest BCUT2D eigenvalue weighted by atomic mass is 35.5. The topological polar surface area (TPSA) is 59.4 Å². The number of likely N-dealkylation sites (N-methyl/N-ethyl adjacent to an activating group) is 1. The summed E-state index contributed by atoms with van der Waals surface area (Å²) >= 11 is 0. The lowest BCUT2D eigenvalue weighted by Gasteiger charge is -2.32. The lowest BCUT2D eigenvalue weighted by molar-refractivity contribution is -0.136. The second-order valence-corrected chi connectivity index (χ2v) is 5.94. The number of hydrogen-bond donors (Lipinski definition) is 1. The molecule has 0 radical (unpaired) electrons. The first-order valence-corrected chi connectivity index (χ1v) is 8.22. The minimum absolute atomic E-state index is 0. The number of amides is 1. The van der Waals surface area contributed by atoms with Crippen molar-refractivity contribution >= 4 is 18.3 Å². The highest BCUT2D eigenvalue weighted by molar-refractivity contribution is 5.85. The van der Waals surface area contributed by atoms with Crippen molar-refractivity contribution in [2.75, 3.05) is 26.7 Å². The van der Waals surface area contributed by atoms with Crippen molar-refractivity contribution in [1.82, 2.24) is 20.0 Å². The summed E-state index contributed by atoms with van der Waals surface area (Å²) in [7, 11) is 3.68. The zero-order valence-corrected chi connectivity index (χ0v) is 15.1. The fourth-order valence-corrected chi connectivity index (χ4v) is 2.96. The molecule has 2 rings (SSSR count). The molecule has 1 aliphatic heterocycles. The summed E-state index contributed by atoms with van der Waals surface area (Å²) in [6.45, 7) is 4.36. The largest absolute Gasteiger partial charge is 0.376 e. The molecule has 1 amide bonds. The van der Waals surface area contributed by atoms with Gasteiger partial charge < -0.3 is 15.0 Å². The van der Waals surface area contributed by atoms with Crippen LogP contribution in [0.5, 0.6) is 0 Å². The van der Waals surface area contributed by atoms with Crippen LogP contribution in [-0.4, -0.2) is 53.4 Å². The van der Waals surface area contributed by atoms with Crippen LogP contribution in [0.1, 0.15) is 44.2 Å². The van der Waals surface area contributed by atoms with E-state index in [1.165, 1.54) is 6.42 Å². The average Bonchev–Trinajstić information content (AvgIpc) is 2.95. The number of halogens is 1. The fraction of sp³-hybridized carbons (Fsp3) is 0.750. The van der Waals surface area contributed by atoms with Crippen LogP contribution in [0.25, 0.3) is 0 Å². The third kappa shape index (κ3) is 5.48. The SMILES string of the molecule is CCCN(CC1CCCCO1)C(=O)C(NC)c1cnn(C)c1.Cl. The van der Waals surface area contributed by atoms with Crippen molar-refractivity contribution < 1.29 is 9.53 Å². The van der Waals surface area contributed by atoms with Crippen LogP contribution in [0, 0.1) is 0 Å². The van der Waals surface area contributed by atoms with E-state index >= 15 is 0 Å². The average molecular weight is 345 g/mol. The van der Waals surface area contributed by atoms with Crippen LogP contribution in [-0.2, 0) is 16.6 Å². The molecule has 2 heterocycles. The first kappa shape index (κ1) is 19.9. The van der Waals surface area contributed by atoms with Crippen LogP contribution in [0.2, 0.25) is 0 Å². The van der Waals surface area contributed by atoms with E-state index in [0.717, 1.165) is 38.0 Å². The van der Waals surface area contributed by atoms with Crippen LogP contribution in [0.15, 0.2) is 12.4 Å². The van der Waals surface area contributed by atoms with Crippen molar-refractivity contribution in [1.29, 1.82) is 0 Å². The van der Waals surface area contributed by atoms with Crippen LogP contribution in [0.3, 0.4) is 0 Å². The molecule has 2 unspecified atom stereocenters. The molecule has 0 spiro atoms. The summed E-state index contributed by atoms with van der Waals surface area (Å²) in [4.78, 5) is 14.9. The Hall–Kier alpha value is -1.11. The van der Waals surface area contributed by atoms with Gasteiger partial charge in [0.25, 0.3) is 0 Å². The number of aromatic nitrogens is 2. The summed E-state index contributed by atoms with van der Waals surface area (Å²) < 4.78 is 7.52. The first-order chi connectivity index (χ1) is 10.7. The molecule has 0 saturated carbocycles. The molecular weight excluding hydrogens is 316 g/mol. The maximum absolute atomic E-state index is 12.9. The summed E-state index contributed by atoms with van der Waals surface area (Å²) in [5, 5.41) is 7.29. The molecule has 1 N–H and O–H groups in total. The Kier molecular flexibility index (Phi) is 8.58. The van der Waals surface area contributed by atoms with E-state index in [4.69, 9.17) is 4.74 Å². The smallest absolute Gasteiger partial charge is 0.244 e. The Labute approximate surface area is 145 Å². The van der Waals surface area contributed by atoms with Gasteiger partial charge in [-0.1, -0.05) is 6.92 Å². The molecule has 1 aromatic heterocycles. The maximum atomic E-state index is 12.9. The Morgan fingerprint density at radius 2 is 2.35 bits per heavy atom. The Morgan fingerprint density at radius 1 is 1.57 bits per heavy atom. The van der Waals surface area contributed by atoms with E-state index < -0.39 is 0 Å². The Morgan fingerprint density at radius 3 is 2.87 bits per heavy atom. The third-order valence-corrected chi connectivity index (χ3v) is 4.10. The third-order valence-electron chi connectivity index (χ3n) is 4.10. The van der Waals surface area contributed by atoms with Gasteiger partial charge >= 0.3 is 0 Å². The predicted octanol–water partition coefficient (Wildman–Crippen LogP) is 1.91.